The van der Waals surface area contributed by atoms with E-state index in [4.69, 9.17) is 5.73 Å². The lowest BCUT2D eigenvalue weighted by atomic mass is 10.1. The molecule has 1 aliphatic heterocycles. The molecule has 2 aromatic rings. The molecule has 0 spiro atoms. The highest BCUT2D eigenvalue weighted by atomic mass is 35.5. The lowest BCUT2D eigenvalue weighted by molar-refractivity contribution is 0.199. The molecule has 6 heteroatoms. The maximum atomic E-state index is 12.1. The highest BCUT2D eigenvalue weighted by Crippen LogP contribution is 2.11. The molecule has 1 saturated heterocycles. The van der Waals surface area contributed by atoms with E-state index >= 15 is 0 Å². The number of likely N-dealkylation sites (tertiary alicyclic amines) is 1. The first-order valence-electron chi connectivity index (χ1n) is 7.09. The molecule has 0 saturated carbocycles. The van der Waals surface area contributed by atoms with Gasteiger partial charge in [-0.05, 0) is 37.9 Å². The molecule has 2 aromatic heterocycles. The van der Waals surface area contributed by atoms with Crippen molar-refractivity contribution in [3.05, 3.63) is 46.0 Å². The van der Waals surface area contributed by atoms with Gasteiger partial charge in [-0.1, -0.05) is 6.07 Å². The summed E-state index contributed by atoms with van der Waals surface area (Å²) in [4.78, 5) is 19.0. The van der Waals surface area contributed by atoms with Gasteiger partial charge in [0.2, 0.25) is 0 Å². The van der Waals surface area contributed by atoms with E-state index in [2.05, 4.69) is 9.88 Å². The summed E-state index contributed by atoms with van der Waals surface area (Å²) in [5, 5.41) is 0. The summed E-state index contributed by atoms with van der Waals surface area (Å²) in [6.07, 6.45) is 4.03. The van der Waals surface area contributed by atoms with Gasteiger partial charge < -0.3 is 5.73 Å². The molecule has 1 atom stereocenters. The lowest BCUT2D eigenvalue weighted by Gasteiger charge is -2.30. The summed E-state index contributed by atoms with van der Waals surface area (Å²) in [5.41, 5.74) is 8.56. The van der Waals surface area contributed by atoms with Crippen LogP contribution in [0.2, 0.25) is 0 Å². The molecule has 2 N–H and O–H groups in total. The molecular weight excluding hydrogens is 288 g/mol. The number of rotatable bonds is 2. The number of piperidine rings is 1. The molecule has 3 rings (SSSR count). The number of pyridine rings is 1. The Kier molecular flexibility index (Phi) is 4.98. The van der Waals surface area contributed by atoms with Crippen molar-refractivity contribution >= 4 is 18.1 Å². The van der Waals surface area contributed by atoms with Crippen molar-refractivity contribution in [1.82, 2.24) is 14.3 Å². The van der Waals surface area contributed by atoms with Gasteiger partial charge in [0.1, 0.15) is 5.65 Å². The fourth-order valence-electron chi connectivity index (χ4n) is 2.80. The Morgan fingerprint density at radius 1 is 1.43 bits per heavy atom. The molecule has 1 fully saturated rings. The van der Waals surface area contributed by atoms with Crippen LogP contribution in [0.25, 0.3) is 5.65 Å². The van der Waals surface area contributed by atoms with Gasteiger partial charge in [-0.2, -0.15) is 0 Å². The van der Waals surface area contributed by atoms with Gasteiger partial charge in [0.15, 0.2) is 0 Å². The minimum absolute atomic E-state index is 0. The van der Waals surface area contributed by atoms with Crippen molar-refractivity contribution in [3.8, 4) is 0 Å². The van der Waals surface area contributed by atoms with E-state index in [1.165, 1.54) is 0 Å². The van der Waals surface area contributed by atoms with Crippen molar-refractivity contribution in [2.75, 3.05) is 13.1 Å². The molecule has 0 radical (unpaired) electrons. The van der Waals surface area contributed by atoms with Gasteiger partial charge in [-0.15, -0.1) is 12.4 Å². The largest absolute Gasteiger partial charge is 0.327 e. The smallest absolute Gasteiger partial charge is 0.258 e. The second-order valence-electron chi connectivity index (χ2n) is 5.66. The van der Waals surface area contributed by atoms with Crippen LogP contribution >= 0.6 is 12.4 Å². The summed E-state index contributed by atoms with van der Waals surface area (Å²) in [7, 11) is 0. The molecular formula is C15H21ClN4O. The zero-order valence-corrected chi connectivity index (χ0v) is 13.0. The first-order valence-corrected chi connectivity index (χ1v) is 7.09. The van der Waals surface area contributed by atoms with Crippen LogP contribution in [-0.2, 0) is 6.54 Å². The summed E-state index contributed by atoms with van der Waals surface area (Å²) in [6.45, 7) is 4.58. The Hall–Kier alpha value is -1.43. The number of halogens is 1. The predicted octanol–water partition coefficient (Wildman–Crippen LogP) is 1.35. The van der Waals surface area contributed by atoms with Crippen molar-refractivity contribution in [2.24, 2.45) is 5.73 Å². The predicted molar refractivity (Wildman–Crippen MR) is 85.9 cm³/mol. The topological polar surface area (TPSA) is 63.6 Å². The normalized spacial score (nSPS) is 19.4. The Balaban J connectivity index is 0.00000161. The number of aryl methyl sites for hydroxylation is 1. The maximum Gasteiger partial charge on any atom is 0.258 e. The van der Waals surface area contributed by atoms with E-state index in [1.807, 2.05) is 25.3 Å². The van der Waals surface area contributed by atoms with E-state index in [9.17, 15) is 4.79 Å². The van der Waals surface area contributed by atoms with Gasteiger partial charge in [-0.3, -0.25) is 14.1 Å². The van der Waals surface area contributed by atoms with Gasteiger partial charge in [-0.25, -0.2) is 4.98 Å². The quantitative estimate of drug-likeness (QED) is 0.909. The van der Waals surface area contributed by atoms with Crippen molar-refractivity contribution in [2.45, 2.75) is 32.4 Å². The SMILES string of the molecule is Cc1ccc2nc(CN3CCC[C@@H](N)C3)cc(=O)n2c1.Cl. The Labute approximate surface area is 130 Å². The summed E-state index contributed by atoms with van der Waals surface area (Å²) < 4.78 is 1.60. The van der Waals surface area contributed by atoms with Crippen molar-refractivity contribution < 1.29 is 0 Å². The van der Waals surface area contributed by atoms with E-state index in [1.54, 1.807) is 10.5 Å². The van der Waals surface area contributed by atoms with Crippen LogP contribution in [0.15, 0.2) is 29.2 Å². The zero-order valence-electron chi connectivity index (χ0n) is 12.2. The van der Waals surface area contributed by atoms with Crippen LogP contribution < -0.4 is 11.3 Å². The third-order valence-corrected chi connectivity index (χ3v) is 3.79. The molecule has 21 heavy (non-hydrogen) atoms. The van der Waals surface area contributed by atoms with Crippen LogP contribution in [0.4, 0.5) is 0 Å². The number of hydrogen-bond acceptors (Lipinski definition) is 4. The summed E-state index contributed by atoms with van der Waals surface area (Å²) >= 11 is 0. The number of nitrogens with zero attached hydrogens (tertiary/aromatic N) is 3. The number of nitrogens with two attached hydrogens (primary N) is 1. The zero-order chi connectivity index (χ0) is 14.1. The van der Waals surface area contributed by atoms with Crippen LogP contribution in [0.3, 0.4) is 0 Å². The van der Waals surface area contributed by atoms with E-state index in [0.29, 0.717) is 12.2 Å². The first kappa shape index (κ1) is 15.9. The molecule has 5 nitrogen and oxygen atoms in total. The number of hydrogen-bond donors (Lipinski definition) is 1. The second-order valence-corrected chi connectivity index (χ2v) is 5.66. The molecule has 0 bridgehead atoms. The van der Waals surface area contributed by atoms with Gasteiger partial charge in [0.05, 0.1) is 5.69 Å². The van der Waals surface area contributed by atoms with Gasteiger partial charge in [0.25, 0.3) is 5.56 Å². The van der Waals surface area contributed by atoms with Crippen LogP contribution in [0, 0.1) is 6.92 Å². The minimum Gasteiger partial charge on any atom is -0.327 e. The Bertz CT molecular complexity index is 685. The van der Waals surface area contributed by atoms with Crippen LogP contribution in [0.5, 0.6) is 0 Å². The van der Waals surface area contributed by atoms with Crippen molar-refractivity contribution in [1.29, 1.82) is 0 Å². The minimum atomic E-state index is -0.0185. The van der Waals surface area contributed by atoms with Crippen molar-refractivity contribution in [3.63, 3.8) is 0 Å². The highest BCUT2D eigenvalue weighted by molar-refractivity contribution is 5.85. The molecule has 1 aliphatic rings. The van der Waals surface area contributed by atoms with E-state index in [0.717, 1.165) is 37.2 Å². The van der Waals surface area contributed by atoms with Gasteiger partial charge >= 0.3 is 0 Å². The fourth-order valence-corrected chi connectivity index (χ4v) is 2.80. The average molecular weight is 309 g/mol. The Morgan fingerprint density at radius 3 is 3.00 bits per heavy atom. The highest BCUT2D eigenvalue weighted by Gasteiger charge is 2.17. The molecule has 0 unspecified atom stereocenters. The van der Waals surface area contributed by atoms with Gasteiger partial charge in [0, 0.05) is 31.4 Å². The van der Waals surface area contributed by atoms with E-state index < -0.39 is 0 Å². The number of fused-ring (bicyclic) bond motifs is 1. The molecule has 3 heterocycles. The van der Waals surface area contributed by atoms with Crippen LogP contribution in [-0.4, -0.2) is 33.4 Å². The third kappa shape index (κ3) is 3.61. The molecule has 0 aromatic carbocycles. The first-order chi connectivity index (χ1) is 9.61. The monoisotopic (exact) mass is 308 g/mol. The van der Waals surface area contributed by atoms with E-state index in [-0.39, 0.29) is 24.0 Å². The summed E-state index contributed by atoms with van der Waals surface area (Å²) in [6, 6.07) is 5.74. The average Bonchev–Trinajstić information content (AvgIpc) is 2.40. The van der Waals surface area contributed by atoms with Crippen LogP contribution in [0.1, 0.15) is 24.1 Å². The fraction of sp³-hybridized carbons (Fsp3) is 0.467. The number of aromatic nitrogens is 2. The Morgan fingerprint density at radius 2 is 2.24 bits per heavy atom. The molecule has 0 amide bonds. The molecule has 0 aliphatic carbocycles. The lowest BCUT2D eigenvalue weighted by Crippen LogP contribution is -2.42. The molecule has 114 valence electrons. The summed E-state index contributed by atoms with van der Waals surface area (Å²) in [5.74, 6) is 0. The third-order valence-electron chi connectivity index (χ3n) is 3.79. The second kappa shape index (κ2) is 6.56. The maximum absolute atomic E-state index is 12.1. The standard InChI is InChI=1S/C15H20N4O.ClH/c1-11-4-5-14-17-13(7-15(20)19(14)8-11)10-18-6-2-3-12(16)9-18;/h4-5,7-8,12H,2-3,6,9-10,16H2,1H3;1H/t12-;/m1./s1.